The first-order valence-electron chi connectivity index (χ1n) is 5.61. The number of aromatic nitrogens is 2. The highest BCUT2D eigenvalue weighted by atomic mass is 35.5. The summed E-state index contributed by atoms with van der Waals surface area (Å²) in [4.78, 5) is 0. The van der Waals surface area contributed by atoms with E-state index in [2.05, 4.69) is 10.2 Å². The van der Waals surface area contributed by atoms with Crippen LogP contribution < -0.4 is 9.47 Å². The fourth-order valence-electron chi connectivity index (χ4n) is 1.39. The van der Waals surface area contributed by atoms with Crippen molar-refractivity contribution >= 4 is 11.6 Å². The maximum absolute atomic E-state index is 5.64. The van der Waals surface area contributed by atoms with Crippen LogP contribution in [0.5, 0.6) is 17.4 Å². The highest BCUT2D eigenvalue weighted by molar-refractivity contribution is 6.16. The van der Waals surface area contributed by atoms with Gasteiger partial charge in [0, 0.05) is 12.1 Å². The lowest BCUT2D eigenvalue weighted by Gasteiger charge is -2.07. The molecule has 0 radical (unpaired) electrons. The molecular formula is C13H13ClN2O2. The van der Waals surface area contributed by atoms with Crippen LogP contribution in [-0.2, 0) is 5.88 Å². The molecule has 4 nitrogen and oxygen atoms in total. The number of hydrogen-bond acceptors (Lipinski definition) is 4. The van der Waals surface area contributed by atoms with Gasteiger partial charge in [0.05, 0.1) is 18.2 Å². The number of rotatable bonds is 5. The van der Waals surface area contributed by atoms with Gasteiger partial charge in [0.25, 0.3) is 0 Å². The van der Waals surface area contributed by atoms with E-state index in [4.69, 9.17) is 21.1 Å². The molecule has 0 saturated carbocycles. The Kier molecular flexibility index (Phi) is 4.36. The van der Waals surface area contributed by atoms with Gasteiger partial charge in [-0.25, -0.2) is 0 Å². The number of halogens is 1. The molecule has 0 bridgehead atoms. The number of hydrogen-bond donors (Lipinski definition) is 0. The van der Waals surface area contributed by atoms with Gasteiger partial charge in [-0.05, 0) is 25.1 Å². The van der Waals surface area contributed by atoms with Crippen LogP contribution in [0.1, 0.15) is 12.6 Å². The van der Waals surface area contributed by atoms with Crippen LogP contribution in [0, 0.1) is 0 Å². The van der Waals surface area contributed by atoms with Crippen molar-refractivity contribution in [3.8, 4) is 17.4 Å². The molecule has 2 rings (SSSR count). The van der Waals surface area contributed by atoms with E-state index in [0.29, 0.717) is 29.8 Å². The monoisotopic (exact) mass is 264 g/mol. The number of ether oxygens (including phenoxy) is 2. The minimum Gasteiger partial charge on any atom is -0.494 e. The van der Waals surface area contributed by atoms with Gasteiger partial charge in [0.2, 0.25) is 5.88 Å². The van der Waals surface area contributed by atoms with Crippen LogP contribution in [0.25, 0.3) is 0 Å². The average molecular weight is 265 g/mol. The first-order valence-corrected chi connectivity index (χ1v) is 6.14. The summed E-state index contributed by atoms with van der Waals surface area (Å²) in [5.41, 5.74) is 0.715. The molecule has 0 amide bonds. The van der Waals surface area contributed by atoms with Crippen molar-refractivity contribution in [2.75, 3.05) is 6.61 Å². The molecule has 0 spiro atoms. The van der Waals surface area contributed by atoms with Crippen molar-refractivity contribution in [3.05, 3.63) is 42.1 Å². The first kappa shape index (κ1) is 12.6. The predicted molar refractivity (Wildman–Crippen MR) is 69.3 cm³/mol. The third kappa shape index (κ3) is 3.34. The van der Waals surface area contributed by atoms with Gasteiger partial charge < -0.3 is 9.47 Å². The second-order valence-corrected chi connectivity index (χ2v) is 3.77. The molecule has 0 aliphatic rings. The molecule has 5 heteroatoms. The second kappa shape index (κ2) is 6.21. The molecule has 1 aromatic carbocycles. The maximum atomic E-state index is 5.64. The van der Waals surface area contributed by atoms with Crippen molar-refractivity contribution < 1.29 is 9.47 Å². The van der Waals surface area contributed by atoms with Gasteiger partial charge in [0.1, 0.15) is 11.5 Å². The van der Waals surface area contributed by atoms with Gasteiger partial charge in [-0.3, -0.25) is 0 Å². The van der Waals surface area contributed by atoms with Gasteiger partial charge in [0.15, 0.2) is 0 Å². The van der Waals surface area contributed by atoms with E-state index in [1.807, 2.05) is 25.1 Å². The fraction of sp³-hybridized carbons (Fsp3) is 0.231. The minimum atomic E-state index is 0.340. The average Bonchev–Trinajstić information content (AvgIpc) is 2.40. The minimum absolute atomic E-state index is 0.340. The smallest absolute Gasteiger partial charge is 0.238 e. The van der Waals surface area contributed by atoms with Gasteiger partial charge in [-0.1, -0.05) is 6.07 Å². The summed E-state index contributed by atoms with van der Waals surface area (Å²) in [7, 11) is 0. The Balaban J connectivity index is 2.09. The Bertz CT molecular complexity index is 503. The van der Waals surface area contributed by atoms with Crippen LogP contribution in [0.2, 0.25) is 0 Å². The van der Waals surface area contributed by atoms with E-state index < -0.39 is 0 Å². The topological polar surface area (TPSA) is 44.2 Å². The highest BCUT2D eigenvalue weighted by Gasteiger charge is 2.01. The van der Waals surface area contributed by atoms with Crippen molar-refractivity contribution in [1.29, 1.82) is 0 Å². The zero-order chi connectivity index (χ0) is 12.8. The molecular weight excluding hydrogens is 252 g/mol. The van der Waals surface area contributed by atoms with Crippen LogP contribution in [0.4, 0.5) is 0 Å². The van der Waals surface area contributed by atoms with E-state index in [1.165, 1.54) is 0 Å². The van der Waals surface area contributed by atoms with E-state index in [-0.39, 0.29) is 0 Å². The fourth-order valence-corrected chi connectivity index (χ4v) is 1.53. The Morgan fingerprint density at radius 3 is 2.61 bits per heavy atom. The molecule has 0 fully saturated rings. The molecule has 0 N–H and O–H groups in total. The third-order valence-electron chi connectivity index (χ3n) is 2.17. The molecule has 0 atom stereocenters. The summed E-state index contributed by atoms with van der Waals surface area (Å²) in [5, 5.41) is 7.84. The van der Waals surface area contributed by atoms with Crippen molar-refractivity contribution in [3.63, 3.8) is 0 Å². The lowest BCUT2D eigenvalue weighted by Crippen LogP contribution is -1.94. The van der Waals surface area contributed by atoms with Crippen LogP contribution in [-0.4, -0.2) is 16.8 Å². The summed E-state index contributed by atoms with van der Waals surface area (Å²) < 4.78 is 11.0. The highest BCUT2D eigenvalue weighted by Crippen LogP contribution is 2.23. The molecule has 0 aliphatic heterocycles. The van der Waals surface area contributed by atoms with E-state index in [9.17, 15) is 0 Å². The molecule has 0 saturated heterocycles. The lowest BCUT2D eigenvalue weighted by atomic mass is 10.3. The number of nitrogens with zero attached hydrogens (tertiary/aromatic N) is 2. The zero-order valence-corrected chi connectivity index (χ0v) is 10.7. The Hall–Kier alpha value is -1.81. The van der Waals surface area contributed by atoms with Crippen molar-refractivity contribution in [1.82, 2.24) is 10.2 Å². The first-order chi connectivity index (χ1) is 8.81. The molecule has 0 aliphatic carbocycles. The molecule has 0 unspecified atom stereocenters. The Labute approximate surface area is 111 Å². The molecule has 1 heterocycles. The normalized spacial score (nSPS) is 10.1. The molecule has 94 valence electrons. The largest absolute Gasteiger partial charge is 0.494 e. The third-order valence-corrected chi connectivity index (χ3v) is 2.44. The molecule has 2 aromatic rings. The lowest BCUT2D eigenvalue weighted by molar-refractivity contribution is 0.337. The van der Waals surface area contributed by atoms with Crippen molar-refractivity contribution in [2.45, 2.75) is 12.8 Å². The summed E-state index contributed by atoms with van der Waals surface area (Å²) in [5.74, 6) is 2.19. The van der Waals surface area contributed by atoms with Crippen LogP contribution in [0.15, 0.2) is 36.4 Å². The quantitative estimate of drug-likeness (QED) is 0.777. The maximum Gasteiger partial charge on any atom is 0.238 e. The van der Waals surface area contributed by atoms with Gasteiger partial charge in [-0.2, -0.15) is 5.10 Å². The van der Waals surface area contributed by atoms with Crippen LogP contribution in [0.3, 0.4) is 0 Å². The molecule has 18 heavy (non-hydrogen) atoms. The zero-order valence-electron chi connectivity index (χ0n) is 9.97. The number of alkyl halides is 1. The molecule has 1 aromatic heterocycles. The summed E-state index contributed by atoms with van der Waals surface area (Å²) in [6.45, 7) is 2.55. The summed E-state index contributed by atoms with van der Waals surface area (Å²) >= 11 is 5.64. The second-order valence-electron chi connectivity index (χ2n) is 3.51. The predicted octanol–water partition coefficient (Wildman–Crippen LogP) is 3.41. The van der Waals surface area contributed by atoms with Gasteiger partial charge in [-0.15, -0.1) is 16.7 Å². The SMILES string of the molecule is CCOc1cccc(Oc2ccc(CCl)nn2)c1. The number of benzene rings is 1. The summed E-state index contributed by atoms with van der Waals surface area (Å²) in [6, 6.07) is 10.9. The van der Waals surface area contributed by atoms with Crippen LogP contribution >= 0.6 is 11.6 Å². The Morgan fingerprint density at radius 1 is 1.11 bits per heavy atom. The van der Waals surface area contributed by atoms with Gasteiger partial charge >= 0.3 is 0 Å². The Morgan fingerprint density at radius 2 is 1.94 bits per heavy atom. The summed E-state index contributed by atoms with van der Waals surface area (Å²) in [6.07, 6.45) is 0. The van der Waals surface area contributed by atoms with Crippen molar-refractivity contribution in [2.24, 2.45) is 0 Å². The van der Waals surface area contributed by atoms with E-state index >= 15 is 0 Å². The standard InChI is InChI=1S/C13H13ClN2O2/c1-2-17-11-4-3-5-12(8-11)18-13-7-6-10(9-14)15-16-13/h3-8H,2,9H2,1H3. The van der Waals surface area contributed by atoms with E-state index in [0.717, 1.165) is 5.75 Å². The van der Waals surface area contributed by atoms with E-state index in [1.54, 1.807) is 18.2 Å².